The van der Waals surface area contributed by atoms with E-state index in [2.05, 4.69) is 0 Å². The lowest BCUT2D eigenvalue weighted by atomic mass is 10.1. The summed E-state index contributed by atoms with van der Waals surface area (Å²) in [6, 6.07) is 16.3. The zero-order valence-electron chi connectivity index (χ0n) is 18.6. The Hall–Kier alpha value is -3.26. The largest absolute Gasteiger partial charge is 0.497 e. The van der Waals surface area contributed by atoms with Gasteiger partial charge in [0.15, 0.2) is 0 Å². The molecule has 0 saturated heterocycles. The van der Waals surface area contributed by atoms with Crippen molar-refractivity contribution < 1.29 is 27.4 Å². The average molecular weight is 460 g/mol. The third-order valence-corrected chi connectivity index (χ3v) is 5.32. The van der Waals surface area contributed by atoms with E-state index in [1.165, 1.54) is 6.07 Å². The third kappa shape index (κ3) is 6.86. The highest BCUT2D eigenvalue weighted by Crippen LogP contribution is 2.29. The van der Waals surface area contributed by atoms with Crippen LogP contribution in [0.15, 0.2) is 66.9 Å². The molecule has 0 saturated carbocycles. The number of benzene rings is 2. The van der Waals surface area contributed by atoms with Crippen molar-refractivity contribution in [3.05, 3.63) is 89.2 Å². The van der Waals surface area contributed by atoms with Gasteiger partial charge in [-0.3, -0.25) is 4.79 Å². The molecule has 0 fully saturated rings. The summed E-state index contributed by atoms with van der Waals surface area (Å²) in [6.07, 6.45) is -2.36. The quantitative estimate of drug-likeness (QED) is 0.437. The van der Waals surface area contributed by atoms with E-state index in [0.29, 0.717) is 25.3 Å². The second-order valence-electron chi connectivity index (χ2n) is 7.66. The summed E-state index contributed by atoms with van der Waals surface area (Å²) in [7, 11) is 3.16. The van der Waals surface area contributed by atoms with Gasteiger partial charge in [0.1, 0.15) is 5.75 Å². The second kappa shape index (κ2) is 11.0. The van der Waals surface area contributed by atoms with Crippen LogP contribution in [-0.4, -0.2) is 42.7 Å². The topological polar surface area (TPSA) is 43.7 Å². The van der Waals surface area contributed by atoms with E-state index in [0.717, 1.165) is 29.1 Å². The fraction of sp³-hybridized carbons (Fsp3) is 0.320. The molecule has 0 bridgehead atoms. The van der Waals surface area contributed by atoms with Crippen molar-refractivity contribution in [2.24, 2.45) is 0 Å². The number of amides is 1. The van der Waals surface area contributed by atoms with Gasteiger partial charge in [-0.25, -0.2) is 0 Å². The molecule has 1 amide bonds. The molecule has 0 spiro atoms. The highest BCUT2D eigenvalue weighted by Gasteiger charge is 2.30. The Morgan fingerprint density at radius 1 is 1.00 bits per heavy atom. The molecule has 0 aliphatic heterocycles. The number of rotatable bonds is 10. The highest BCUT2D eigenvalue weighted by molar-refractivity contribution is 5.78. The summed E-state index contributed by atoms with van der Waals surface area (Å²) >= 11 is 0. The molecule has 33 heavy (non-hydrogen) atoms. The Kier molecular flexibility index (Phi) is 8.16. The van der Waals surface area contributed by atoms with Crippen molar-refractivity contribution in [3.8, 4) is 5.75 Å². The van der Waals surface area contributed by atoms with Crippen molar-refractivity contribution >= 4 is 5.91 Å². The van der Waals surface area contributed by atoms with Gasteiger partial charge in [-0.05, 0) is 47.5 Å². The number of carbonyl (C=O) groups excluding carboxylic acids is 1. The van der Waals surface area contributed by atoms with Gasteiger partial charge >= 0.3 is 6.18 Å². The van der Waals surface area contributed by atoms with Crippen LogP contribution in [0.1, 0.15) is 22.4 Å². The summed E-state index contributed by atoms with van der Waals surface area (Å²) in [6.45, 7) is 1.38. The first-order valence-electron chi connectivity index (χ1n) is 10.5. The minimum atomic E-state index is -4.39. The maximum absolute atomic E-state index is 13.1. The summed E-state index contributed by atoms with van der Waals surface area (Å²) in [5.74, 6) is 0.652. The Labute approximate surface area is 191 Å². The molecule has 1 aromatic heterocycles. The number of carbonyl (C=O) groups is 1. The van der Waals surface area contributed by atoms with Gasteiger partial charge in [-0.2, -0.15) is 13.2 Å². The molecule has 0 aliphatic carbocycles. The molecule has 0 radical (unpaired) electrons. The van der Waals surface area contributed by atoms with Crippen LogP contribution in [0.5, 0.6) is 5.75 Å². The summed E-state index contributed by atoms with van der Waals surface area (Å²) in [5.41, 5.74) is 1.55. The minimum absolute atomic E-state index is 0.0657. The molecule has 0 unspecified atom stereocenters. The monoisotopic (exact) mass is 460 g/mol. The zero-order chi connectivity index (χ0) is 23.8. The van der Waals surface area contributed by atoms with Crippen molar-refractivity contribution in [2.45, 2.75) is 25.7 Å². The Morgan fingerprint density at radius 2 is 1.76 bits per heavy atom. The van der Waals surface area contributed by atoms with Gasteiger partial charge in [0, 0.05) is 32.1 Å². The van der Waals surface area contributed by atoms with Crippen molar-refractivity contribution in [3.63, 3.8) is 0 Å². The molecule has 2 aromatic carbocycles. The number of hydrogen-bond acceptors (Lipinski definition) is 3. The molecule has 3 rings (SSSR count). The van der Waals surface area contributed by atoms with E-state index in [9.17, 15) is 18.0 Å². The number of alkyl halides is 3. The predicted octanol–water partition coefficient (Wildman–Crippen LogP) is 4.78. The normalized spacial score (nSPS) is 11.4. The number of aromatic nitrogens is 1. The fourth-order valence-electron chi connectivity index (χ4n) is 3.51. The zero-order valence-corrected chi connectivity index (χ0v) is 18.6. The standard InChI is InChI=1S/C25H27F3N2O3/c1-32-14-13-30(24(31)16-19-8-10-23(33-2)11-9-19)18-22-7-4-12-29(22)17-20-5-3-6-21(15-20)25(26,27)28/h3-12,15H,13-14,16-18H2,1-2H3. The molecule has 8 heteroatoms. The van der Waals surface area contributed by atoms with Crippen LogP contribution in [0.3, 0.4) is 0 Å². The summed E-state index contributed by atoms with van der Waals surface area (Å²) in [5, 5.41) is 0. The number of ether oxygens (including phenoxy) is 2. The maximum Gasteiger partial charge on any atom is 0.416 e. The van der Waals surface area contributed by atoms with Crippen LogP contribution in [0.2, 0.25) is 0 Å². The molecule has 5 nitrogen and oxygen atoms in total. The van der Waals surface area contributed by atoms with Gasteiger partial charge in [-0.15, -0.1) is 0 Å². The third-order valence-electron chi connectivity index (χ3n) is 5.32. The van der Waals surface area contributed by atoms with E-state index >= 15 is 0 Å². The predicted molar refractivity (Wildman–Crippen MR) is 119 cm³/mol. The molecular weight excluding hydrogens is 433 g/mol. The van der Waals surface area contributed by atoms with Gasteiger partial charge in [-0.1, -0.05) is 24.3 Å². The molecule has 3 aromatic rings. The van der Waals surface area contributed by atoms with E-state index < -0.39 is 11.7 Å². The van der Waals surface area contributed by atoms with Crippen molar-refractivity contribution in [2.75, 3.05) is 27.4 Å². The first-order chi connectivity index (χ1) is 15.8. The molecule has 0 aliphatic rings. The molecule has 0 atom stereocenters. The second-order valence-corrected chi connectivity index (χ2v) is 7.66. The van der Waals surface area contributed by atoms with E-state index in [4.69, 9.17) is 9.47 Å². The highest BCUT2D eigenvalue weighted by atomic mass is 19.4. The first-order valence-corrected chi connectivity index (χ1v) is 10.5. The Bertz CT molecular complexity index is 1050. The fourth-order valence-corrected chi connectivity index (χ4v) is 3.51. The van der Waals surface area contributed by atoms with Gasteiger partial charge in [0.25, 0.3) is 0 Å². The number of methoxy groups -OCH3 is 2. The van der Waals surface area contributed by atoms with Crippen LogP contribution in [0, 0.1) is 0 Å². The molecule has 176 valence electrons. The van der Waals surface area contributed by atoms with Crippen molar-refractivity contribution in [1.29, 1.82) is 0 Å². The molecule has 1 heterocycles. The van der Waals surface area contributed by atoms with Crippen LogP contribution in [0.4, 0.5) is 13.2 Å². The summed E-state index contributed by atoms with van der Waals surface area (Å²) in [4.78, 5) is 14.7. The SMILES string of the molecule is COCCN(Cc1cccn1Cc1cccc(C(F)(F)F)c1)C(=O)Cc1ccc(OC)cc1. The number of halogens is 3. The van der Waals surface area contributed by atoms with Crippen LogP contribution in [-0.2, 0) is 35.2 Å². The van der Waals surface area contributed by atoms with E-state index in [1.807, 2.05) is 41.0 Å². The Balaban J connectivity index is 1.73. The Morgan fingerprint density at radius 3 is 2.42 bits per heavy atom. The lowest BCUT2D eigenvalue weighted by molar-refractivity contribution is -0.137. The first kappa shape index (κ1) is 24.4. The smallest absolute Gasteiger partial charge is 0.416 e. The van der Waals surface area contributed by atoms with Gasteiger partial charge in [0.05, 0.1) is 32.2 Å². The van der Waals surface area contributed by atoms with Crippen LogP contribution in [0.25, 0.3) is 0 Å². The average Bonchev–Trinajstić information content (AvgIpc) is 3.23. The molecular formula is C25H27F3N2O3. The lowest BCUT2D eigenvalue weighted by Crippen LogP contribution is -2.35. The van der Waals surface area contributed by atoms with E-state index in [-0.39, 0.29) is 18.9 Å². The van der Waals surface area contributed by atoms with Gasteiger partial charge < -0.3 is 18.9 Å². The lowest BCUT2D eigenvalue weighted by Gasteiger charge is -2.24. The summed E-state index contributed by atoms with van der Waals surface area (Å²) < 4.78 is 51.4. The van der Waals surface area contributed by atoms with E-state index in [1.54, 1.807) is 31.4 Å². The van der Waals surface area contributed by atoms with Crippen LogP contribution < -0.4 is 4.74 Å². The maximum atomic E-state index is 13.1. The van der Waals surface area contributed by atoms with Crippen LogP contribution >= 0.6 is 0 Å². The van der Waals surface area contributed by atoms with Crippen molar-refractivity contribution in [1.82, 2.24) is 9.47 Å². The number of hydrogen-bond donors (Lipinski definition) is 0. The number of nitrogens with zero attached hydrogens (tertiary/aromatic N) is 2. The molecule has 0 N–H and O–H groups in total. The van der Waals surface area contributed by atoms with Gasteiger partial charge in [0.2, 0.25) is 5.91 Å². The minimum Gasteiger partial charge on any atom is -0.497 e.